The van der Waals surface area contributed by atoms with E-state index in [-0.39, 0.29) is 5.78 Å². The van der Waals surface area contributed by atoms with E-state index in [1.807, 2.05) is 53.4 Å². The first kappa shape index (κ1) is 63.2. The highest BCUT2D eigenvalue weighted by Crippen LogP contribution is 2.41. The van der Waals surface area contributed by atoms with Crippen molar-refractivity contribution in [2.45, 2.75) is 81.0 Å². The van der Waals surface area contributed by atoms with E-state index in [9.17, 15) is 110 Å². The normalized spacial score (nSPS) is 13.8. The van der Waals surface area contributed by atoms with Crippen LogP contribution in [-0.2, 0) is 56.0 Å². The summed E-state index contributed by atoms with van der Waals surface area (Å²) in [5, 5.41) is 0.404. The van der Waals surface area contributed by atoms with E-state index in [4.69, 9.17) is 0 Å². The first-order valence-corrected chi connectivity index (χ1v) is 22.6. The predicted octanol–water partition coefficient (Wildman–Crippen LogP) is 14.6. The smallest absolute Gasteiger partial charge is 0.287 e. The van der Waals surface area contributed by atoms with Gasteiger partial charge in [0.15, 0.2) is 12.4 Å². The number of aromatic nitrogens is 2. The maximum Gasteiger partial charge on any atom is 0.416 e. The number of nitrogens with zero attached hydrogens (tertiary/aromatic N) is 2. The second-order valence-electron chi connectivity index (χ2n) is 17.5. The quantitative estimate of drug-likeness (QED) is 0.0461. The van der Waals surface area contributed by atoms with E-state index in [0.717, 1.165) is 24.1 Å². The molecule has 3 nitrogen and oxygen atoms in total. The highest BCUT2D eigenvalue weighted by atomic mass is 32.1. The highest BCUT2D eigenvalue weighted by molar-refractivity contribution is 7.80. The van der Waals surface area contributed by atoms with Gasteiger partial charge in [0.25, 0.3) is 0 Å². The van der Waals surface area contributed by atoms with E-state index < -0.39 is 195 Å². The highest BCUT2D eigenvalue weighted by Gasteiger charge is 2.47. The third-order valence-electron chi connectivity index (χ3n) is 11.7. The van der Waals surface area contributed by atoms with Gasteiger partial charge in [-0.3, -0.25) is 4.79 Å². The van der Waals surface area contributed by atoms with Gasteiger partial charge >= 0.3 is 49.4 Å². The van der Waals surface area contributed by atoms with Crippen molar-refractivity contribution in [2.75, 3.05) is 0 Å². The van der Waals surface area contributed by atoms with Crippen molar-refractivity contribution in [1.29, 1.82) is 0 Å². The fourth-order valence-electron chi connectivity index (χ4n) is 8.13. The number of carbonyl (C=O) groups excluding carboxylic acids is 1. The van der Waals surface area contributed by atoms with Crippen LogP contribution in [0.1, 0.15) is 80.3 Å². The Hall–Kier alpha value is -6.68. The zero-order chi connectivity index (χ0) is 59.7. The molecular formula is C50H33BF24N2OS. The molecule has 1 aromatic heterocycles. The zero-order valence-electron chi connectivity index (χ0n) is 39.3. The van der Waals surface area contributed by atoms with Crippen LogP contribution in [0.15, 0.2) is 128 Å². The number of Topliss-reactive ketones (excluding diaryl/α,β-unsaturated/α-hetero) is 1. The van der Waals surface area contributed by atoms with E-state index in [1.54, 1.807) is 6.20 Å². The summed E-state index contributed by atoms with van der Waals surface area (Å²) in [6.45, 7) is 2.40. The molecule has 1 atom stereocenters. The van der Waals surface area contributed by atoms with Gasteiger partial charge in [0.1, 0.15) is 11.8 Å². The van der Waals surface area contributed by atoms with Gasteiger partial charge in [-0.25, -0.2) is 4.98 Å². The van der Waals surface area contributed by atoms with Crippen LogP contribution >= 0.6 is 12.6 Å². The number of alkyl halides is 24. The summed E-state index contributed by atoms with van der Waals surface area (Å²) in [4.78, 5) is 16.5. The summed E-state index contributed by atoms with van der Waals surface area (Å²) in [5.74, 6) is 0.0932. The molecule has 0 radical (unpaired) electrons. The van der Waals surface area contributed by atoms with Crippen molar-refractivity contribution >= 4 is 52.5 Å². The van der Waals surface area contributed by atoms with Crippen LogP contribution in [0.5, 0.6) is 0 Å². The van der Waals surface area contributed by atoms with E-state index >= 15 is 0 Å². The zero-order valence-corrected chi connectivity index (χ0v) is 40.2. The molecule has 0 aliphatic carbocycles. The lowest BCUT2D eigenvalue weighted by molar-refractivity contribution is -0.683. The van der Waals surface area contributed by atoms with Gasteiger partial charge < -0.3 is 0 Å². The molecule has 79 heavy (non-hydrogen) atoms. The molecule has 5 aromatic carbocycles. The maximum atomic E-state index is 14.2. The van der Waals surface area contributed by atoms with Crippen LogP contribution < -0.4 is 26.4 Å². The number of hydrogen-bond donors (Lipinski definition) is 1. The van der Waals surface area contributed by atoms with Crippen molar-refractivity contribution in [3.05, 3.63) is 184 Å². The molecule has 0 N–H and O–H groups in total. The van der Waals surface area contributed by atoms with Crippen molar-refractivity contribution in [2.24, 2.45) is 0 Å². The third kappa shape index (κ3) is 16.0. The average Bonchev–Trinajstić information content (AvgIpc) is 3.47. The predicted molar refractivity (Wildman–Crippen MR) is 242 cm³/mol. The molecule has 0 aliphatic rings. The van der Waals surface area contributed by atoms with Gasteiger partial charge in [0.05, 0.1) is 50.7 Å². The molecule has 0 spiro atoms. The van der Waals surface area contributed by atoms with Crippen molar-refractivity contribution in [1.82, 2.24) is 4.98 Å². The van der Waals surface area contributed by atoms with Crippen LogP contribution in [0.3, 0.4) is 0 Å². The van der Waals surface area contributed by atoms with Crippen LogP contribution in [0.25, 0.3) is 6.08 Å². The number of rotatable bonds is 11. The molecule has 0 saturated heterocycles. The monoisotopic (exact) mass is 1180 g/mol. The van der Waals surface area contributed by atoms with Crippen LogP contribution in [0.2, 0.25) is 0 Å². The number of allylic oxidation sites excluding steroid dienone is 1. The SMILES string of the molecule is CC(S)CCC=Cc1c[n+](CC(=O)c2ccccc2)ccn1.FC(F)(F)c1cc([B-](c2cc(C(F)(F)F)cc(C(F)(F)F)c2)(c2cc(C(F)(F)F)cc(C(F)(F)F)c2)c2cc(C(F)(F)F)cc(C(F)(F)F)c2)cc(C(F)(F)F)c1. The van der Waals surface area contributed by atoms with Gasteiger partial charge in [0.2, 0.25) is 12.3 Å². The third-order valence-corrected chi connectivity index (χ3v) is 11.9. The first-order chi connectivity index (χ1) is 35.9. The molecular weight excluding hydrogens is 1140 g/mol. The fraction of sp³-hybridized carbons (Fsp3) is 0.260. The Kier molecular flexibility index (Phi) is 18.2. The summed E-state index contributed by atoms with van der Waals surface area (Å²) in [7, 11) is 0. The molecule has 426 valence electrons. The molecule has 0 fully saturated rings. The lowest BCUT2D eigenvalue weighted by Crippen LogP contribution is -2.75. The minimum Gasteiger partial charge on any atom is -0.287 e. The summed E-state index contributed by atoms with van der Waals surface area (Å²) in [5.41, 5.74) is -28.6. The molecule has 0 bridgehead atoms. The Labute approximate surface area is 435 Å². The summed E-state index contributed by atoms with van der Waals surface area (Å²) in [6.07, 6.45) is -43.3. The Bertz CT molecular complexity index is 2710. The van der Waals surface area contributed by atoms with E-state index in [2.05, 4.69) is 30.6 Å². The Morgan fingerprint density at radius 2 is 0.785 bits per heavy atom. The van der Waals surface area contributed by atoms with Crippen LogP contribution in [-0.4, -0.2) is 22.2 Å². The molecule has 0 saturated carbocycles. The second-order valence-corrected chi connectivity index (χ2v) is 18.4. The largest absolute Gasteiger partial charge is 0.416 e. The molecule has 0 aliphatic heterocycles. The van der Waals surface area contributed by atoms with Gasteiger partial charge in [-0.05, 0) is 48.4 Å². The van der Waals surface area contributed by atoms with Crippen LogP contribution in [0, 0.1) is 0 Å². The minimum absolute atomic E-state index is 0.0932. The van der Waals surface area contributed by atoms with E-state index in [1.165, 1.54) is 0 Å². The summed E-state index contributed by atoms with van der Waals surface area (Å²) >= 11 is 4.36. The average molecular weight is 1180 g/mol. The molecule has 0 amide bonds. The molecule has 29 heteroatoms. The number of ketones is 1. The first-order valence-electron chi connectivity index (χ1n) is 22.0. The number of hydrogen-bond acceptors (Lipinski definition) is 3. The van der Waals surface area contributed by atoms with E-state index in [0.29, 0.717) is 11.8 Å². The number of thiol groups is 1. The lowest BCUT2D eigenvalue weighted by Gasteiger charge is -2.46. The van der Waals surface area contributed by atoms with Gasteiger partial charge in [-0.15, -0.1) is 0 Å². The number of halogens is 24. The molecule has 1 unspecified atom stereocenters. The Morgan fingerprint density at radius 1 is 0.494 bits per heavy atom. The number of benzene rings is 5. The molecule has 6 rings (SSSR count). The van der Waals surface area contributed by atoms with Crippen molar-refractivity contribution < 1.29 is 115 Å². The second kappa shape index (κ2) is 22.8. The van der Waals surface area contributed by atoms with Gasteiger partial charge in [0, 0.05) is 5.56 Å². The fourth-order valence-corrected chi connectivity index (χ4v) is 8.28. The number of carbonyl (C=O) groups is 1. The lowest BCUT2D eigenvalue weighted by atomic mass is 9.12. The Morgan fingerprint density at radius 3 is 1.05 bits per heavy atom. The standard InChI is InChI=1S/C32H12BF24.C18H20N2OS/c34-25(35,36)13-1-14(26(37,38)39)6-21(5-13)33(22-7-15(27(40,41)42)2-16(8-22)28(43,44)45,23-9-17(29(46,47)48)3-18(10-23)30(49,50)51)24-11-19(31(52,53)54)4-20(12-24)32(55,56)57;1-15(22)7-5-6-10-17-13-20(12-11-19-17)14-18(21)16-8-3-2-4-9-16/h1-12H;2-4,6,8-13,15H,5,7,14H2,1H3/q-1;/p+1. The van der Waals surface area contributed by atoms with Crippen LogP contribution in [0.4, 0.5) is 105 Å². The Balaban J connectivity index is 0.000000433. The molecule has 1 heterocycles. The van der Waals surface area contributed by atoms with Crippen molar-refractivity contribution in [3.63, 3.8) is 0 Å². The molecule has 6 aromatic rings. The topological polar surface area (TPSA) is 33.8 Å². The van der Waals surface area contributed by atoms with Crippen molar-refractivity contribution in [3.8, 4) is 0 Å². The summed E-state index contributed by atoms with van der Waals surface area (Å²) in [6, 6.07) is 0.523. The minimum atomic E-state index is -6.13. The van der Waals surface area contributed by atoms with Gasteiger partial charge in [-0.2, -0.15) is 144 Å². The summed E-state index contributed by atoms with van der Waals surface area (Å²) < 4.78 is 343. The van der Waals surface area contributed by atoms with Gasteiger partial charge in [-0.1, -0.05) is 91.9 Å². The maximum absolute atomic E-state index is 14.2.